The van der Waals surface area contributed by atoms with Crippen LogP contribution in [0.4, 0.5) is 0 Å². The Morgan fingerprint density at radius 1 is 1.20 bits per heavy atom. The van der Waals surface area contributed by atoms with E-state index in [9.17, 15) is 9.59 Å². The van der Waals surface area contributed by atoms with Crippen molar-refractivity contribution < 1.29 is 14.7 Å². The van der Waals surface area contributed by atoms with E-state index in [1.807, 2.05) is 4.90 Å². The van der Waals surface area contributed by atoms with E-state index >= 15 is 0 Å². The minimum atomic E-state index is -1.07. The molecular weight excluding hydrogens is 260 g/mol. The van der Waals surface area contributed by atoms with Gasteiger partial charge in [0.2, 0.25) is 5.91 Å². The summed E-state index contributed by atoms with van der Waals surface area (Å²) in [5.74, 6) is -0.859. The molecule has 1 saturated carbocycles. The first-order valence-electron chi connectivity index (χ1n) is 7.11. The number of hydrogen-bond acceptors (Lipinski definition) is 4. The lowest BCUT2D eigenvalue weighted by Crippen LogP contribution is -2.38. The second kappa shape index (κ2) is 5.22. The predicted octanol–water partition coefficient (Wildman–Crippen LogP) is 0.866. The molecule has 7 heteroatoms. The number of aromatic carboxylic acids is 1. The van der Waals surface area contributed by atoms with Gasteiger partial charge in [-0.2, -0.15) is 0 Å². The number of likely N-dealkylation sites (tertiary alicyclic amines) is 1. The van der Waals surface area contributed by atoms with Crippen molar-refractivity contribution in [2.75, 3.05) is 13.1 Å². The quantitative estimate of drug-likeness (QED) is 0.882. The second-order valence-electron chi connectivity index (χ2n) is 5.50. The number of rotatable bonds is 4. The van der Waals surface area contributed by atoms with Crippen LogP contribution in [0.3, 0.4) is 0 Å². The van der Waals surface area contributed by atoms with E-state index in [1.165, 1.54) is 11.1 Å². The Balaban J connectivity index is 1.76. The summed E-state index contributed by atoms with van der Waals surface area (Å²) in [5, 5.41) is 16.7. The molecule has 0 unspecified atom stereocenters. The molecule has 0 spiro atoms. The molecule has 1 aliphatic heterocycles. The number of aromatic nitrogens is 3. The van der Waals surface area contributed by atoms with Gasteiger partial charge in [0.05, 0.1) is 5.69 Å². The number of amides is 1. The SMILES string of the molecule is O=C(O)c1nnn(CC(=O)N2CCCCC2)c1C1CC1. The molecule has 108 valence electrons. The summed E-state index contributed by atoms with van der Waals surface area (Å²) in [7, 11) is 0. The zero-order chi connectivity index (χ0) is 14.1. The van der Waals surface area contributed by atoms with Gasteiger partial charge in [-0.1, -0.05) is 5.21 Å². The van der Waals surface area contributed by atoms with E-state index < -0.39 is 5.97 Å². The van der Waals surface area contributed by atoms with Gasteiger partial charge in [-0.25, -0.2) is 9.48 Å². The molecule has 0 aromatic carbocycles. The second-order valence-corrected chi connectivity index (χ2v) is 5.50. The average Bonchev–Trinajstić information content (AvgIpc) is 3.20. The molecule has 2 aliphatic rings. The van der Waals surface area contributed by atoms with Crippen LogP contribution in [0.2, 0.25) is 0 Å². The minimum Gasteiger partial charge on any atom is -0.476 e. The fourth-order valence-corrected chi connectivity index (χ4v) is 2.72. The van der Waals surface area contributed by atoms with Crippen LogP contribution in [0.5, 0.6) is 0 Å². The molecule has 7 nitrogen and oxygen atoms in total. The molecule has 1 amide bonds. The summed E-state index contributed by atoms with van der Waals surface area (Å²) in [6, 6.07) is 0. The third kappa shape index (κ3) is 2.52. The molecule has 1 N–H and O–H groups in total. The van der Waals surface area contributed by atoms with Crippen LogP contribution >= 0.6 is 0 Å². The van der Waals surface area contributed by atoms with Crippen LogP contribution in [-0.2, 0) is 11.3 Å². The van der Waals surface area contributed by atoms with Crippen molar-refractivity contribution in [2.24, 2.45) is 0 Å². The average molecular weight is 278 g/mol. The zero-order valence-corrected chi connectivity index (χ0v) is 11.3. The van der Waals surface area contributed by atoms with E-state index in [0.717, 1.165) is 38.8 Å². The molecule has 0 atom stereocenters. The molecule has 0 radical (unpaired) electrons. The highest BCUT2D eigenvalue weighted by Gasteiger charge is 2.34. The maximum absolute atomic E-state index is 12.2. The summed E-state index contributed by atoms with van der Waals surface area (Å²) in [4.78, 5) is 25.2. The Morgan fingerprint density at radius 2 is 1.90 bits per heavy atom. The van der Waals surface area contributed by atoms with Crippen LogP contribution in [0.1, 0.15) is 54.2 Å². The molecule has 3 rings (SSSR count). The van der Waals surface area contributed by atoms with Crippen LogP contribution in [0, 0.1) is 0 Å². The van der Waals surface area contributed by atoms with E-state index in [1.54, 1.807) is 0 Å². The Hall–Kier alpha value is -1.92. The Morgan fingerprint density at radius 3 is 2.50 bits per heavy atom. The number of carboxylic acid groups (broad SMARTS) is 1. The number of hydrogen-bond donors (Lipinski definition) is 1. The molecule has 1 aromatic heterocycles. The van der Waals surface area contributed by atoms with Crippen molar-refractivity contribution in [3.05, 3.63) is 11.4 Å². The van der Waals surface area contributed by atoms with Gasteiger partial charge in [-0.15, -0.1) is 5.10 Å². The van der Waals surface area contributed by atoms with Gasteiger partial charge < -0.3 is 10.0 Å². The van der Waals surface area contributed by atoms with Crippen molar-refractivity contribution >= 4 is 11.9 Å². The first kappa shape index (κ1) is 13.1. The molecule has 1 aliphatic carbocycles. The van der Waals surface area contributed by atoms with Crippen LogP contribution < -0.4 is 0 Å². The number of carbonyl (C=O) groups is 2. The molecule has 2 fully saturated rings. The van der Waals surface area contributed by atoms with Crippen molar-refractivity contribution in [2.45, 2.75) is 44.6 Å². The lowest BCUT2D eigenvalue weighted by Gasteiger charge is -2.26. The topological polar surface area (TPSA) is 88.3 Å². The maximum atomic E-state index is 12.2. The lowest BCUT2D eigenvalue weighted by atomic mass is 10.1. The van der Waals surface area contributed by atoms with E-state index in [-0.39, 0.29) is 24.1 Å². The summed E-state index contributed by atoms with van der Waals surface area (Å²) in [6.07, 6.45) is 5.15. The van der Waals surface area contributed by atoms with E-state index in [0.29, 0.717) is 5.69 Å². The van der Waals surface area contributed by atoms with Crippen molar-refractivity contribution in [1.29, 1.82) is 0 Å². The number of nitrogens with zero attached hydrogens (tertiary/aromatic N) is 4. The largest absolute Gasteiger partial charge is 0.476 e. The normalized spacial score (nSPS) is 19.1. The summed E-state index contributed by atoms with van der Waals surface area (Å²) >= 11 is 0. The van der Waals surface area contributed by atoms with E-state index in [2.05, 4.69) is 10.3 Å². The van der Waals surface area contributed by atoms with Gasteiger partial charge >= 0.3 is 5.97 Å². The summed E-state index contributed by atoms with van der Waals surface area (Å²) < 4.78 is 1.48. The number of carbonyl (C=O) groups excluding carboxylic acids is 1. The summed E-state index contributed by atoms with van der Waals surface area (Å²) in [5.41, 5.74) is 0.613. The number of piperidine rings is 1. The molecule has 0 bridgehead atoms. The van der Waals surface area contributed by atoms with Gasteiger partial charge in [0, 0.05) is 19.0 Å². The third-order valence-corrected chi connectivity index (χ3v) is 3.93. The molecule has 1 saturated heterocycles. The fourth-order valence-electron chi connectivity index (χ4n) is 2.72. The van der Waals surface area contributed by atoms with Gasteiger partial charge in [0.1, 0.15) is 6.54 Å². The van der Waals surface area contributed by atoms with Crippen LogP contribution in [0.25, 0.3) is 0 Å². The smallest absolute Gasteiger partial charge is 0.358 e. The standard InChI is InChI=1S/C13H18N4O3/c18-10(16-6-2-1-3-7-16)8-17-12(9-4-5-9)11(13(19)20)14-15-17/h9H,1-8H2,(H,19,20). The highest BCUT2D eigenvalue weighted by atomic mass is 16.4. The van der Waals surface area contributed by atoms with Crippen molar-refractivity contribution in [3.63, 3.8) is 0 Å². The maximum Gasteiger partial charge on any atom is 0.358 e. The van der Waals surface area contributed by atoms with E-state index in [4.69, 9.17) is 5.11 Å². The van der Waals surface area contributed by atoms with Crippen molar-refractivity contribution in [3.8, 4) is 0 Å². The Labute approximate surface area is 116 Å². The fraction of sp³-hybridized carbons (Fsp3) is 0.692. The highest BCUT2D eigenvalue weighted by Crippen LogP contribution is 2.41. The predicted molar refractivity (Wildman–Crippen MR) is 69.4 cm³/mol. The van der Waals surface area contributed by atoms with Crippen molar-refractivity contribution in [1.82, 2.24) is 19.9 Å². The molecule has 20 heavy (non-hydrogen) atoms. The van der Waals surface area contributed by atoms with Gasteiger partial charge in [-0.05, 0) is 32.1 Å². The van der Waals surface area contributed by atoms with Gasteiger partial charge in [0.25, 0.3) is 0 Å². The van der Waals surface area contributed by atoms with Gasteiger partial charge in [0.15, 0.2) is 5.69 Å². The zero-order valence-electron chi connectivity index (χ0n) is 11.3. The molecule has 1 aromatic rings. The summed E-state index contributed by atoms with van der Waals surface area (Å²) in [6.45, 7) is 1.68. The first-order chi connectivity index (χ1) is 9.66. The first-order valence-corrected chi connectivity index (χ1v) is 7.11. The number of carboxylic acids is 1. The Kier molecular flexibility index (Phi) is 3.42. The molecular formula is C13H18N4O3. The minimum absolute atomic E-state index is 0.000978. The van der Waals surface area contributed by atoms with Gasteiger partial charge in [-0.3, -0.25) is 4.79 Å². The third-order valence-electron chi connectivity index (χ3n) is 3.93. The molecule has 2 heterocycles. The lowest BCUT2D eigenvalue weighted by molar-refractivity contribution is -0.133. The van der Waals surface area contributed by atoms with Crippen LogP contribution in [-0.4, -0.2) is 50.0 Å². The highest BCUT2D eigenvalue weighted by molar-refractivity contribution is 5.87. The monoisotopic (exact) mass is 278 g/mol. The Bertz CT molecular complexity index is 530. The van der Waals surface area contributed by atoms with Crippen LogP contribution in [0.15, 0.2) is 0 Å².